The molecule has 0 fully saturated rings. The molecule has 0 aliphatic carbocycles. The first kappa shape index (κ1) is 20.4. The number of hydrogen-bond donors (Lipinski definition) is 2. The van der Waals surface area contributed by atoms with Gasteiger partial charge in [0.25, 0.3) is 0 Å². The second-order valence-corrected chi connectivity index (χ2v) is 6.34. The van der Waals surface area contributed by atoms with Crippen LogP contribution in [0.4, 0.5) is 10.1 Å². The number of anilines is 1. The van der Waals surface area contributed by atoms with Gasteiger partial charge in [0.15, 0.2) is 0 Å². The van der Waals surface area contributed by atoms with Gasteiger partial charge in [0.05, 0.1) is 12.1 Å². The van der Waals surface area contributed by atoms with Gasteiger partial charge in [-0.05, 0) is 24.1 Å². The molecular weight excluding hydrogens is 345 g/mol. The molecule has 2 aromatic rings. The number of hydrogen-bond acceptors (Lipinski definition) is 3. The third-order valence-electron chi connectivity index (χ3n) is 4.14. The fourth-order valence-corrected chi connectivity index (χ4v) is 2.67. The number of carbonyl (C=O) groups is 2. The number of amides is 2. The molecular formula is C21H26FN3O2. The molecule has 0 aliphatic heterocycles. The summed E-state index contributed by atoms with van der Waals surface area (Å²) in [6, 6.07) is 16.1. The van der Waals surface area contributed by atoms with Crippen molar-refractivity contribution in [3.8, 4) is 0 Å². The Morgan fingerprint density at radius 3 is 2.33 bits per heavy atom. The topological polar surface area (TPSA) is 61.4 Å². The summed E-state index contributed by atoms with van der Waals surface area (Å²) in [5.74, 6) is -0.459. The van der Waals surface area contributed by atoms with Crippen LogP contribution < -0.4 is 15.5 Å². The van der Waals surface area contributed by atoms with Crippen LogP contribution in [0.15, 0.2) is 54.6 Å². The number of nitrogens with one attached hydrogen (secondary N) is 2. The summed E-state index contributed by atoms with van der Waals surface area (Å²) in [7, 11) is 1.82. The van der Waals surface area contributed by atoms with Gasteiger partial charge in [0.2, 0.25) is 11.8 Å². The minimum absolute atomic E-state index is 0.0967. The average Bonchev–Trinajstić information content (AvgIpc) is 2.66. The molecule has 2 aromatic carbocycles. The maximum absolute atomic E-state index is 13.7. The van der Waals surface area contributed by atoms with Crippen molar-refractivity contribution in [2.75, 3.05) is 31.6 Å². The van der Waals surface area contributed by atoms with E-state index in [0.29, 0.717) is 38.2 Å². The maximum atomic E-state index is 13.7. The van der Waals surface area contributed by atoms with E-state index in [1.807, 2.05) is 42.3 Å². The molecule has 2 N–H and O–H groups in total. The van der Waals surface area contributed by atoms with Crippen LogP contribution in [0.5, 0.6) is 0 Å². The van der Waals surface area contributed by atoms with Crippen molar-refractivity contribution in [2.24, 2.45) is 0 Å². The zero-order valence-electron chi connectivity index (χ0n) is 15.6. The first-order chi connectivity index (χ1) is 13.1. The number of rotatable bonds is 10. The Morgan fingerprint density at radius 2 is 1.59 bits per heavy atom. The highest BCUT2D eigenvalue weighted by Gasteiger charge is 2.07. The zero-order chi connectivity index (χ0) is 19.5. The van der Waals surface area contributed by atoms with Crippen LogP contribution in [0, 0.1) is 5.82 Å². The van der Waals surface area contributed by atoms with Crippen molar-refractivity contribution in [1.82, 2.24) is 10.6 Å². The molecule has 0 heterocycles. The smallest absolute Gasteiger partial charge is 0.224 e. The Hall–Kier alpha value is -2.89. The van der Waals surface area contributed by atoms with Crippen LogP contribution in [-0.2, 0) is 16.0 Å². The van der Waals surface area contributed by atoms with Crippen LogP contribution >= 0.6 is 0 Å². The summed E-state index contributed by atoms with van der Waals surface area (Å²) in [5, 5.41) is 5.57. The second kappa shape index (κ2) is 11.0. The van der Waals surface area contributed by atoms with Crippen molar-refractivity contribution in [2.45, 2.75) is 19.3 Å². The molecule has 0 aromatic heterocycles. The van der Waals surface area contributed by atoms with Crippen molar-refractivity contribution >= 4 is 17.5 Å². The second-order valence-electron chi connectivity index (χ2n) is 6.34. The highest BCUT2D eigenvalue weighted by molar-refractivity contribution is 5.80. The molecule has 2 rings (SSSR count). The van der Waals surface area contributed by atoms with E-state index in [1.165, 1.54) is 6.07 Å². The van der Waals surface area contributed by atoms with Crippen LogP contribution in [0.3, 0.4) is 0 Å². The molecule has 144 valence electrons. The molecule has 6 heteroatoms. The van der Waals surface area contributed by atoms with Crippen LogP contribution in [0.2, 0.25) is 0 Å². The van der Waals surface area contributed by atoms with E-state index >= 15 is 0 Å². The summed E-state index contributed by atoms with van der Waals surface area (Å²) in [6.07, 6.45) is 1.26. The number of para-hydroxylation sites is 1. The van der Waals surface area contributed by atoms with E-state index in [2.05, 4.69) is 10.6 Å². The SMILES string of the molecule is CN(CCCNC(=O)CCNC(=O)Cc1ccccc1)c1ccccc1F. The summed E-state index contributed by atoms with van der Waals surface area (Å²) < 4.78 is 13.7. The highest BCUT2D eigenvalue weighted by atomic mass is 19.1. The number of halogens is 1. The van der Waals surface area contributed by atoms with E-state index in [0.717, 1.165) is 5.56 Å². The Kier molecular flexibility index (Phi) is 8.29. The monoisotopic (exact) mass is 371 g/mol. The fourth-order valence-electron chi connectivity index (χ4n) is 2.67. The highest BCUT2D eigenvalue weighted by Crippen LogP contribution is 2.16. The molecule has 0 atom stereocenters. The Balaban J connectivity index is 1.56. The molecule has 27 heavy (non-hydrogen) atoms. The van der Waals surface area contributed by atoms with Gasteiger partial charge in [0, 0.05) is 33.1 Å². The largest absolute Gasteiger partial charge is 0.372 e. The lowest BCUT2D eigenvalue weighted by molar-refractivity contribution is -0.122. The summed E-state index contributed by atoms with van der Waals surface area (Å²) in [6.45, 7) is 1.46. The first-order valence-electron chi connectivity index (χ1n) is 9.09. The van der Waals surface area contributed by atoms with Gasteiger partial charge < -0.3 is 15.5 Å². The molecule has 0 unspecified atom stereocenters. The predicted octanol–water partition coefficient (Wildman–Crippen LogP) is 2.52. The molecule has 0 saturated heterocycles. The lowest BCUT2D eigenvalue weighted by Crippen LogP contribution is -2.32. The molecule has 0 spiro atoms. The normalized spacial score (nSPS) is 10.3. The van der Waals surface area contributed by atoms with Gasteiger partial charge in [-0.3, -0.25) is 9.59 Å². The zero-order valence-corrected chi connectivity index (χ0v) is 15.6. The Morgan fingerprint density at radius 1 is 0.926 bits per heavy atom. The van der Waals surface area contributed by atoms with Crippen molar-refractivity contribution in [3.63, 3.8) is 0 Å². The van der Waals surface area contributed by atoms with E-state index < -0.39 is 0 Å². The van der Waals surface area contributed by atoms with E-state index in [-0.39, 0.29) is 24.1 Å². The lowest BCUT2D eigenvalue weighted by Gasteiger charge is -2.19. The molecule has 0 bridgehead atoms. The third kappa shape index (κ3) is 7.48. The van der Waals surface area contributed by atoms with E-state index in [4.69, 9.17) is 0 Å². The number of nitrogens with zero attached hydrogens (tertiary/aromatic N) is 1. The maximum Gasteiger partial charge on any atom is 0.224 e. The van der Waals surface area contributed by atoms with Crippen LogP contribution in [0.1, 0.15) is 18.4 Å². The van der Waals surface area contributed by atoms with Crippen LogP contribution in [-0.4, -0.2) is 38.5 Å². The average molecular weight is 371 g/mol. The number of benzene rings is 2. The fraction of sp³-hybridized carbons (Fsp3) is 0.333. The summed E-state index contributed by atoms with van der Waals surface area (Å²) >= 11 is 0. The van der Waals surface area contributed by atoms with E-state index in [1.54, 1.807) is 18.2 Å². The van der Waals surface area contributed by atoms with Gasteiger partial charge in [-0.1, -0.05) is 42.5 Å². The quantitative estimate of drug-likeness (QED) is 0.631. The molecule has 2 amide bonds. The Labute approximate surface area is 159 Å². The lowest BCUT2D eigenvalue weighted by atomic mass is 10.1. The summed E-state index contributed by atoms with van der Waals surface area (Å²) in [5.41, 5.74) is 1.49. The van der Waals surface area contributed by atoms with Gasteiger partial charge >= 0.3 is 0 Å². The minimum Gasteiger partial charge on any atom is -0.372 e. The van der Waals surface area contributed by atoms with Gasteiger partial charge in [-0.2, -0.15) is 0 Å². The molecule has 0 aliphatic rings. The van der Waals surface area contributed by atoms with Gasteiger partial charge in [-0.15, -0.1) is 0 Å². The first-order valence-corrected chi connectivity index (χ1v) is 9.09. The molecule has 5 nitrogen and oxygen atoms in total. The summed E-state index contributed by atoms with van der Waals surface area (Å²) in [4.78, 5) is 25.5. The molecule has 0 radical (unpaired) electrons. The number of carbonyl (C=O) groups excluding carboxylic acids is 2. The minimum atomic E-state index is -0.254. The van der Waals surface area contributed by atoms with Crippen molar-refractivity contribution < 1.29 is 14.0 Å². The predicted molar refractivity (Wildman–Crippen MR) is 105 cm³/mol. The van der Waals surface area contributed by atoms with Crippen LogP contribution in [0.25, 0.3) is 0 Å². The van der Waals surface area contributed by atoms with Crippen molar-refractivity contribution in [1.29, 1.82) is 0 Å². The van der Waals surface area contributed by atoms with Gasteiger partial charge in [0.1, 0.15) is 5.82 Å². The Bertz CT molecular complexity index is 737. The third-order valence-corrected chi connectivity index (χ3v) is 4.14. The van der Waals surface area contributed by atoms with E-state index in [9.17, 15) is 14.0 Å². The standard InChI is InChI=1S/C21H26FN3O2/c1-25(19-11-6-5-10-18(19)22)15-7-13-23-20(26)12-14-24-21(27)16-17-8-3-2-4-9-17/h2-6,8-11H,7,12-16H2,1H3,(H,23,26)(H,24,27). The van der Waals surface area contributed by atoms with Gasteiger partial charge in [-0.25, -0.2) is 4.39 Å². The van der Waals surface area contributed by atoms with Crippen molar-refractivity contribution in [3.05, 3.63) is 66.0 Å². The molecule has 0 saturated carbocycles.